The molecule has 3 heteroatoms. The number of rotatable bonds is 1. The van der Waals surface area contributed by atoms with Gasteiger partial charge >= 0.3 is 0 Å². The largest absolute Gasteiger partial charge is 0.431 e. The third kappa shape index (κ3) is 2.39. The molecule has 0 aromatic rings. The molecule has 1 nitrogen and oxygen atoms in total. The molecule has 0 fully saturated rings. The van der Waals surface area contributed by atoms with E-state index >= 15 is 0 Å². The average Bonchev–Trinajstić information content (AvgIpc) is 1.37. The molecule has 4 heavy (non-hydrogen) atoms. The zero-order valence-electron chi connectivity index (χ0n) is 3.12. The summed E-state index contributed by atoms with van der Waals surface area (Å²) in [6.45, 7) is 0. The van der Waals surface area contributed by atoms with Crippen molar-refractivity contribution < 1.29 is 4.43 Å². The number of hydrogen-bond donors (Lipinski definition) is 0. The Kier molecular flexibility index (Phi) is 3.73. The molecule has 0 N–H and O–H groups in total. The van der Waals surface area contributed by atoms with Crippen molar-refractivity contribution in [3.8, 4) is 0 Å². The Bertz CT molecular complexity index is 8.00. The lowest BCUT2D eigenvalue weighted by atomic mass is 11.8. The van der Waals surface area contributed by atoms with E-state index in [1.54, 1.807) is 7.11 Å². The highest BCUT2D eigenvalue weighted by molar-refractivity contribution is 6.85. The Morgan fingerprint density at radius 3 is 2.25 bits per heavy atom. The first-order valence-corrected chi connectivity index (χ1v) is 7.64. The predicted octanol–water partition coefficient (Wildman–Crippen LogP) is -2.00. The minimum Gasteiger partial charge on any atom is -0.431 e. The van der Waals surface area contributed by atoms with Gasteiger partial charge in [-0.3, -0.25) is 0 Å². The molecule has 0 bridgehead atoms. The van der Waals surface area contributed by atoms with Gasteiger partial charge in [0.1, 0.15) is 9.28 Å². The van der Waals surface area contributed by atoms with E-state index in [0.717, 1.165) is 0 Å². The molecule has 0 aliphatic carbocycles. The fraction of sp³-hybridized carbons (Fsp3) is 1.00. The van der Waals surface area contributed by atoms with E-state index in [9.17, 15) is 0 Å². The predicted molar refractivity (Wildman–Crippen MR) is 25.5 cm³/mol. The highest BCUT2D eigenvalue weighted by Gasteiger charge is 1.55. The number of hydrogen-bond acceptors (Lipinski definition) is 1. The van der Waals surface area contributed by atoms with E-state index in [-0.39, 0.29) is 9.28 Å². The van der Waals surface area contributed by atoms with Crippen molar-refractivity contribution in [2.45, 2.75) is 0 Å². The molecule has 0 atom stereocenters. The lowest BCUT2D eigenvalue weighted by Gasteiger charge is -1.75. The summed E-state index contributed by atoms with van der Waals surface area (Å²) in [7, 11) is 3.15. The lowest BCUT2D eigenvalue weighted by molar-refractivity contribution is 0.454. The maximum atomic E-state index is 4.74. The molecule has 0 spiro atoms. The van der Waals surface area contributed by atoms with Crippen LogP contribution in [0.1, 0.15) is 0 Å². The Morgan fingerprint density at radius 1 is 2.00 bits per heavy atom. The van der Waals surface area contributed by atoms with Gasteiger partial charge in [-0.15, -0.1) is 0 Å². The molecule has 0 aliphatic rings. The summed E-state index contributed by atoms with van der Waals surface area (Å²) >= 11 is 0. The molecule has 0 rings (SSSR count). The minimum absolute atomic E-state index is 0.0633. The SMILES string of the molecule is CO[SiH2][SiH3]. The molecule has 0 saturated carbocycles. The summed E-state index contributed by atoms with van der Waals surface area (Å²) in [5.74, 6) is 0. The summed E-state index contributed by atoms with van der Waals surface area (Å²) in [6, 6.07) is 0. The fourth-order valence-electron chi connectivity index (χ4n) is 0. The zero-order valence-corrected chi connectivity index (χ0v) is 6.53. The summed E-state index contributed by atoms with van der Waals surface area (Å²) in [5.41, 5.74) is 0. The lowest BCUT2D eigenvalue weighted by Crippen LogP contribution is -1.88. The fourth-order valence-corrected chi connectivity index (χ4v) is 0. The van der Waals surface area contributed by atoms with Crippen molar-refractivity contribution in [1.82, 2.24) is 0 Å². The minimum atomic E-state index is 0.0633. The van der Waals surface area contributed by atoms with Gasteiger partial charge in [-0.2, -0.15) is 0 Å². The van der Waals surface area contributed by atoms with Crippen LogP contribution in [0.2, 0.25) is 0 Å². The van der Waals surface area contributed by atoms with Crippen LogP contribution in [0.25, 0.3) is 0 Å². The van der Waals surface area contributed by atoms with Crippen molar-refractivity contribution in [2.24, 2.45) is 0 Å². The van der Waals surface area contributed by atoms with Crippen LogP contribution in [0.4, 0.5) is 0 Å². The Hall–Kier alpha value is 0.394. The van der Waals surface area contributed by atoms with E-state index < -0.39 is 0 Å². The zero-order chi connectivity index (χ0) is 3.41. The van der Waals surface area contributed by atoms with Gasteiger partial charge in [0.2, 0.25) is 0 Å². The van der Waals surface area contributed by atoms with Crippen LogP contribution < -0.4 is 0 Å². The summed E-state index contributed by atoms with van der Waals surface area (Å²) in [5, 5.41) is 0. The first-order valence-electron chi connectivity index (χ1n) is 1.40. The molecule has 0 saturated heterocycles. The van der Waals surface area contributed by atoms with E-state index in [1.807, 2.05) is 0 Å². The van der Waals surface area contributed by atoms with Crippen molar-refractivity contribution in [2.75, 3.05) is 7.11 Å². The smallest absolute Gasteiger partial charge is 0.139 e. The van der Waals surface area contributed by atoms with E-state index in [1.165, 1.54) is 9.76 Å². The topological polar surface area (TPSA) is 9.23 Å². The molecule has 26 valence electrons. The first-order chi connectivity index (χ1) is 1.91. The highest BCUT2D eigenvalue weighted by atomic mass is 29.1. The molecule has 0 aromatic carbocycles. The second kappa shape index (κ2) is 3.39. The van der Waals surface area contributed by atoms with E-state index in [4.69, 9.17) is 4.43 Å². The molecule has 0 aliphatic heterocycles. The van der Waals surface area contributed by atoms with Crippen LogP contribution in [0.5, 0.6) is 0 Å². The molecular weight excluding hydrogens is 84.2 g/mol. The van der Waals surface area contributed by atoms with Crippen molar-refractivity contribution in [3.05, 3.63) is 0 Å². The van der Waals surface area contributed by atoms with Gasteiger partial charge in [-0.25, -0.2) is 0 Å². The second-order valence-electron chi connectivity index (χ2n) is 0.577. The third-order valence-corrected chi connectivity index (χ3v) is 2.60. The molecule has 0 radical (unpaired) electrons. The second-order valence-corrected chi connectivity index (χ2v) is 3.46. The standard InChI is InChI=1S/CH8OSi2/c1-2-4-3/h4H2,1,3H3. The maximum Gasteiger partial charge on any atom is 0.139 e. The van der Waals surface area contributed by atoms with Gasteiger partial charge in [0.25, 0.3) is 0 Å². The third-order valence-electron chi connectivity index (χ3n) is 0.289. The van der Waals surface area contributed by atoms with Crippen LogP contribution >= 0.6 is 0 Å². The summed E-state index contributed by atoms with van der Waals surface area (Å²) in [4.78, 5) is 0. The highest BCUT2D eigenvalue weighted by Crippen LogP contribution is 1.39. The van der Waals surface area contributed by atoms with Gasteiger partial charge in [-0.1, -0.05) is 0 Å². The van der Waals surface area contributed by atoms with Crippen LogP contribution in [-0.2, 0) is 4.43 Å². The van der Waals surface area contributed by atoms with Crippen LogP contribution in [0.15, 0.2) is 0 Å². The molecule has 0 heterocycles. The van der Waals surface area contributed by atoms with Gasteiger partial charge in [-0.05, 0) is 0 Å². The van der Waals surface area contributed by atoms with Gasteiger partial charge in [0.15, 0.2) is 0 Å². The van der Waals surface area contributed by atoms with Crippen LogP contribution in [-0.4, -0.2) is 26.2 Å². The van der Waals surface area contributed by atoms with Crippen molar-refractivity contribution in [3.63, 3.8) is 0 Å². The monoisotopic (exact) mass is 92.0 g/mol. The van der Waals surface area contributed by atoms with Crippen LogP contribution in [0.3, 0.4) is 0 Å². The van der Waals surface area contributed by atoms with Crippen molar-refractivity contribution >= 4 is 19.0 Å². The summed E-state index contributed by atoms with van der Waals surface area (Å²) in [6.07, 6.45) is 0. The normalized spacial score (nSPS) is 11.2. The molecular formula is CH8OSi2. The Labute approximate surface area is 31.5 Å². The van der Waals surface area contributed by atoms with E-state index in [2.05, 4.69) is 0 Å². The van der Waals surface area contributed by atoms with Crippen LogP contribution in [0, 0.1) is 0 Å². The average molecular weight is 92.2 g/mol. The Morgan fingerprint density at radius 2 is 2.25 bits per heavy atom. The molecule has 0 unspecified atom stereocenters. The first kappa shape index (κ1) is 4.39. The van der Waals surface area contributed by atoms with Gasteiger partial charge < -0.3 is 4.43 Å². The molecule has 0 amide bonds. The quantitative estimate of drug-likeness (QED) is 0.340. The van der Waals surface area contributed by atoms with Gasteiger partial charge in [0, 0.05) is 16.9 Å². The maximum absolute atomic E-state index is 4.74. The summed E-state index contributed by atoms with van der Waals surface area (Å²) < 4.78 is 4.74. The van der Waals surface area contributed by atoms with Crippen molar-refractivity contribution in [1.29, 1.82) is 0 Å². The van der Waals surface area contributed by atoms with E-state index in [0.29, 0.717) is 0 Å². The Balaban J connectivity index is 1.97. The van der Waals surface area contributed by atoms with Gasteiger partial charge in [0.05, 0.1) is 0 Å². The molecule has 0 aromatic heterocycles.